The van der Waals surface area contributed by atoms with Crippen molar-refractivity contribution in [2.24, 2.45) is 0 Å². The second-order valence-corrected chi connectivity index (χ2v) is 4.76. The van der Waals surface area contributed by atoms with Gasteiger partial charge in [0.25, 0.3) is 0 Å². The minimum atomic E-state index is 0.188. The monoisotopic (exact) mass is 254 g/mol. The van der Waals surface area contributed by atoms with Gasteiger partial charge in [0.05, 0.1) is 7.11 Å². The molecule has 0 aliphatic heterocycles. The van der Waals surface area contributed by atoms with E-state index in [1.807, 2.05) is 31.2 Å². The molecule has 0 N–H and O–H groups in total. The Morgan fingerprint density at radius 2 is 1.68 bits per heavy atom. The first-order valence-corrected chi connectivity index (χ1v) is 6.33. The summed E-state index contributed by atoms with van der Waals surface area (Å²) in [5, 5.41) is 0. The lowest BCUT2D eigenvalue weighted by Gasteiger charge is -2.08. The van der Waals surface area contributed by atoms with Gasteiger partial charge in [-0.2, -0.15) is 0 Å². The molecule has 0 radical (unpaired) electrons. The number of ketones is 1. The molecule has 0 aliphatic carbocycles. The zero-order valence-corrected chi connectivity index (χ0v) is 11.6. The van der Waals surface area contributed by atoms with Crippen molar-refractivity contribution >= 4 is 5.78 Å². The molecule has 98 valence electrons. The SMILES string of the molecule is COc1ccc(-c2ccc(CC(C)=O)cc2)cc1C. The molecule has 0 heterocycles. The lowest BCUT2D eigenvalue weighted by atomic mass is 10.0. The normalized spacial score (nSPS) is 10.3. The van der Waals surface area contributed by atoms with Gasteiger partial charge in [0, 0.05) is 6.42 Å². The molecule has 0 aromatic heterocycles. The zero-order valence-electron chi connectivity index (χ0n) is 11.6. The molecule has 2 nitrogen and oxygen atoms in total. The van der Waals surface area contributed by atoms with Crippen LogP contribution in [0, 0.1) is 6.92 Å². The second-order valence-electron chi connectivity index (χ2n) is 4.76. The van der Waals surface area contributed by atoms with Gasteiger partial charge < -0.3 is 4.74 Å². The van der Waals surface area contributed by atoms with Crippen LogP contribution in [0.5, 0.6) is 5.75 Å². The molecule has 0 saturated carbocycles. The third kappa shape index (κ3) is 3.22. The molecule has 2 rings (SSSR count). The van der Waals surface area contributed by atoms with Crippen LogP contribution in [0.25, 0.3) is 11.1 Å². The van der Waals surface area contributed by atoms with E-state index in [1.165, 1.54) is 0 Å². The van der Waals surface area contributed by atoms with Gasteiger partial charge in [-0.05, 0) is 48.2 Å². The van der Waals surface area contributed by atoms with Crippen molar-refractivity contribution < 1.29 is 9.53 Å². The molecule has 19 heavy (non-hydrogen) atoms. The van der Waals surface area contributed by atoms with Gasteiger partial charge in [-0.3, -0.25) is 4.79 Å². The van der Waals surface area contributed by atoms with E-state index in [-0.39, 0.29) is 5.78 Å². The number of methoxy groups -OCH3 is 1. The minimum Gasteiger partial charge on any atom is -0.496 e. The summed E-state index contributed by atoms with van der Waals surface area (Å²) < 4.78 is 5.26. The third-order valence-electron chi connectivity index (χ3n) is 3.14. The summed E-state index contributed by atoms with van der Waals surface area (Å²) in [5.41, 5.74) is 4.49. The van der Waals surface area contributed by atoms with Crippen molar-refractivity contribution in [2.75, 3.05) is 7.11 Å². The number of carbonyl (C=O) groups excluding carboxylic acids is 1. The standard InChI is InChI=1S/C17H18O2/c1-12-10-16(8-9-17(12)19-3)15-6-4-14(5-7-15)11-13(2)18/h4-10H,11H2,1-3H3. The second kappa shape index (κ2) is 5.70. The lowest BCUT2D eigenvalue weighted by Crippen LogP contribution is -1.95. The largest absolute Gasteiger partial charge is 0.496 e. The maximum atomic E-state index is 11.1. The molecule has 0 amide bonds. The van der Waals surface area contributed by atoms with E-state index in [0.29, 0.717) is 6.42 Å². The first-order chi connectivity index (χ1) is 9.10. The number of rotatable bonds is 4. The number of Topliss-reactive ketones (excluding diaryl/α,β-unsaturated/α-hetero) is 1. The third-order valence-corrected chi connectivity index (χ3v) is 3.14. The topological polar surface area (TPSA) is 26.3 Å². The van der Waals surface area contributed by atoms with E-state index < -0.39 is 0 Å². The van der Waals surface area contributed by atoms with Gasteiger partial charge in [-0.1, -0.05) is 30.3 Å². The van der Waals surface area contributed by atoms with Gasteiger partial charge in [0.15, 0.2) is 0 Å². The molecule has 0 fully saturated rings. The first kappa shape index (κ1) is 13.3. The highest BCUT2D eigenvalue weighted by Crippen LogP contribution is 2.26. The van der Waals surface area contributed by atoms with Gasteiger partial charge in [-0.15, -0.1) is 0 Å². The summed E-state index contributed by atoms with van der Waals surface area (Å²) in [7, 11) is 1.68. The molecular weight excluding hydrogens is 236 g/mol. The molecule has 0 atom stereocenters. The molecule has 0 unspecified atom stereocenters. The molecule has 0 aliphatic rings. The van der Waals surface area contributed by atoms with Crippen molar-refractivity contribution in [3.8, 4) is 16.9 Å². The number of carbonyl (C=O) groups is 1. The fourth-order valence-corrected chi connectivity index (χ4v) is 2.16. The van der Waals surface area contributed by atoms with Gasteiger partial charge in [0.1, 0.15) is 11.5 Å². The van der Waals surface area contributed by atoms with Crippen LogP contribution < -0.4 is 4.74 Å². The molecule has 2 aromatic carbocycles. The van der Waals surface area contributed by atoms with Crippen molar-refractivity contribution in [1.82, 2.24) is 0 Å². The van der Waals surface area contributed by atoms with Crippen LogP contribution in [0.4, 0.5) is 0 Å². The fourth-order valence-electron chi connectivity index (χ4n) is 2.16. The number of hydrogen-bond acceptors (Lipinski definition) is 2. The van der Waals surface area contributed by atoms with E-state index in [2.05, 4.69) is 18.2 Å². The number of hydrogen-bond donors (Lipinski definition) is 0. The van der Waals surface area contributed by atoms with Crippen molar-refractivity contribution in [3.05, 3.63) is 53.6 Å². The zero-order chi connectivity index (χ0) is 13.8. The van der Waals surface area contributed by atoms with E-state index >= 15 is 0 Å². The smallest absolute Gasteiger partial charge is 0.134 e. The van der Waals surface area contributed by atoms with Gasteiger partial charge >= 0.3 is 0 Å². The Kier molecular flexibility index (Phi) is 4.00. The number of aryl methyl sites for hydroxylation is 1. The molecule has 0 bridgehead atoms. The highest BCUT2D eigenvalue weighted by Gasteiger charge is 2.03. The van der Waals surface area contributed by atoms with Crippen molar-refractivity contribution in [1.29, 1.82) is 0 Å². The Bertz CT molecular complexity index is 583. The predicted octanol–water partition coefficient (Wildman–Crippen LogP) is 3.80. The average molecular weight is 254 g/mol. The van der Waals surface area contributed by atoms with Crippen LogP contribution in [0.15, 0.2) is 42.5 Å². The maximum Gasteiger partial charge on any atom is 0.134 e. The predicted molar refractivity (Wildman–Crippen MR) is 77.6 cm³/mol. The van der Waals surface area contributed by atoms with E-state index in [0.717, 1.165) is 28.0 Å². The Labute approximate surface area is 114 Å². The van der Waals surface area contributed by atoms with Crippen LogP contribution in [0.2, 0.25) is 0 Å². The summed E-state index contributed by atoms with van der Waals surface area (Å²) >= 11 is 0. The fraction of sp³-hybridized carbons (Fsp3) is 0.235. The maximum absolute atomic E-state index is 11.1. The van der Waals surface area contributed by atoms with Crippen LogP contribution in [0.3, 0.4) is 0 Å². The van der Waals surface area contributed by atoms with Crippen molar-refractivity contribution in [2.45, 2.75) is 20.3 Å². The Morgan fingerprint density at radius 3 is 2.21 bits per heavy atom. The highest BCUT2D eigenvalue weighted by molar-refractivity contribution is 5.78. The van der Waals surface area contributed by atoms with Crippen LogP contribution in [-0.2, 0) is 11.2 Å². The molecule has 2 heteroatoms. The Morgan fingerprint density at radius 1 is 1.05 bits per heavy atom. The number of benzene rings is 2. The summed E-state index contributed by atoms with van der Waals surface area (Å²) in [5.74, 6) is 1.09. The summed E-state index contributed by atoms with van der Waals surface area (Å²) in [6, 6.07) is 14.3. The molecule has 0 spiro atoms. The Hall–Kier alpha value is -2.09. The minimum absolute atomic E-state index is 0.188. The van der Waals surface area contributed by atoms with E-state index in [1.54, 1.807) is 14.0 Å². The lowest BCUT2D eigenvalue weighted by molar-refractivity contribution is -0.116. The molecule has 0 saturated heterocycles. The highest BCUT2D eigenvalue weighted by atomic mass is 16.5. The Balaban J connectivity index is 2.27. The quantitative estimate of drug-likeness (QED) is 0.829. The van der Waals surface area contributed by atoms with Gasteiger partial charge in [-0.25, -0.2) is 0 Å². The average Bonchev–Trinajstić information content (AvgIpc) is 2.39. The molecular formula is C17H18O2. The van der Waals surface area contributed by atoms with Crippen molar-refractivity contribution in [3.63, 3.8) is 0 Å². The molecule has 2 aromatic rings. The first-order valence-electron chi connectivity index (χ1n) is 6.33. The van der Waals surface area contributed by atoms with Crippen LogP contribution in [-0.4, -0.2) is 12.9 Å². The summed E-state index contributed by atoms with van der Waals surface area (Å²) in [6.07, 6.45) is 0.502. The summed E-state index contributed by atoms with van der Waals surface area (Å²) in [6.45, 7) is 3.65. The summed E-state index contributed by atoms with van der Waals surface area (Å²) in [4.78, 5) is 11.1. The van der Waals surface area contributed by atoms with Crippen LogP contribution >= 0.6 is 0 Å². The van der Waals surface area contributed by atoms with E-state index in [4.69, 9.17) is 4.74 Å². The van der Waals surface area contributed by atoms with Gasteiger partial charge in [0.2, 0.25) is 0 Å². The van der Waals surface area contributed by atoms with E-state index in [9.17, 15) is 4.79 Å². The van der Waals surface area contributed by atoms with Crippen LogP contribution in [0.1, 0.15) is 18.1 Å². The number of ether oxygens (including phenoxy) is 1.